The molecule has 4 aromatic rings. The van der Waals surface area contributed by atoms with Gasteiger partial charge in [0.05, 0.1) is 12.6 Å². The summed E-state index contributed by atoms with van der Waals surface area (Å²) in [5.74, 6) is -0.140. The number of aromatic amines is 2. The van der Waals surface area contributed by atoms with E-state index in [0.717, 1.165) is 38.6 Å². The van der Waals surface area contributed by atoms with E-state index >= 15 is 0 Å². The van der Waals surface area contributed by atoms with Crippen LogP contribution in [0.3, 0.4) is 0 Å². The lowest BCUT2D eigenvalue weighted by Crippen LogP contribution is -2.19. The fourth-order valence-electron chi connectivity index (χ4n) is 3.12. The van der Waals surface area contributed by atoms with E-state index in [2.05, 4.69) is 20.5 Å². The van der Waals surface area contributed by atoms with Gasteiger partial charge in [-0.3, -0.25) is 4.79 Å². The molecule has 2 aromatic heterocycles. The molecule has 2 heterocycles. The van der Waals surface area contributed by atoms with Crippen molar-refractivity contribution >= 4 is 33.9 Å². The van der Waals surface area contributed by atoms with Gasteiger partial charge in [-0.1, -0.05) is 36.4 Å². The molecular weight excluding hydrogens is 312 g/mol. The van der Waals surface area contributed by atoms with Crippen LogP contribution in [0.1, 0.15) is 16.8 Å². The summed E-state index contributed by atoms with van der Waals surface area (Å²) in [6.45, 7) is 2.00. The van der Waals surface area contributed by atoms with Crippen LogP contribution in [0, 0.1) is 6.92 Å². The van der Waals surface area contributed by atoms with Gasteiger partial charge in [-0.2, -0.15) is 5.10 Å². The van der Waals surface area contributed by atoms with Gasteiger partial charge in [0.15, 0.2) is 0 Å². The Morgan fingerprint density at radius 2 is 1.80 bits per heavy atom. The largest absolute Gasteiger partial charge is 0.361 e. The van der Waals surface area contributed by atoms with Gasteiger partial charge in [-0.25, -0.2) is 5.43 Å². The Balaban J connectivity index is 1.48. The first kappa shape index (κ1) is 15.2. The van der Waals surface area contributed by atoms with Gasteiger partial charge in [0, 0.05) is 39.3 Å². The molecule has 0 aliphatic carbocycles. The number of aryl methyl sites for hydroxylation is 1. The molecule has 0 bridgehead atoms. The van der Waals surface area contributed by atoms with Crippen molar-refractivity contribution in [2.75, 3.05) is 0 Å². The number of hydrazone groups is 1. The monoisotopic (exact) mass is 330 g/mol. The Labute approximate surface area is 144 Å². The zero-order valence-corrected chi connectivity index (χ0v) is 13.8. The van der Waals surface area contributed by atoms with Crippen LogP contribution in [0.25, 0.3) is 21.8 Å². The second kappa shape index (κ2) is 6.28. The summed E-state index contributed by atoms with van der Waals surface area (Å²) in [7, 11) is 0. The number of carbonyl (C=O) groups is 1. The normalized spacial score (nSPS) is 11.6. The van der Waals surface area contributed by atoms with E-state index in [1.54, 1.807) is 6.21 Å². The molecule has 0 fully saturated rings. The van der Waals surface area contributed by atoms with Crippen molar-refractivity contribution in [3.8, 4) is 0 Å². The molecule has 25 heavy (non-hydrogen) atoms. The fraction of sp³-hybridized carbons (Fsp3) is 0.100. The van der Waals surface area contributed by atoms with Gasteiger partial charge in [0.2, 0.25) is 5.91 Å². The number of benzene rings is 2. The second-order valence-corrected chi connectivity index (χ2v) is 6.04. The maximum absolute atomic E-state index is 12.2. The molecule has 0 aliphatic heterocycles. The lowest BCUT2D eigenvalue weighted by atomic mass is 10.1. The van der Waals surface area contributed by atoms with Crippen LogP contribution < -0.4 is 5.43 Å². The second-order valence-electron chi connectivity index (χ2n) is 6.04. The molecule has 0 unspecified atom stereocenters. The number of para-hydroxylation sites is 2. The molecule has 5 nitrogen and oxygen atoms in total. The highest BCUT2D eigenvalue weighted by atomic mass is 16.2. The predicted octanol–water partition coefficient (Wildman–Crippen LogP) is 3.65. The lowest BCUT2D eigenvalue weighted by Gasteiger charge is -1.99. The third-order valence-electron chi connectivity index (χ3n) is 4.35. The van der Waals surface area contributed by atoms with Crippen molar-refractivity contribution in [2.24, 2.45) is 5.10 Å². The van der Waals surface area contributed by atoms with E-state index in [1.807, 2.05) is 61.7 Å². The average molecular weight is 330 g/mol. The minimum Gasteiger partial charge on any atom is -0.361 e. The van der Waals surface area contributed by atoms with Crippen LogP contribution in [0.5, 0.6) is 0 Å². The predicted molar refractivity (Wildman–Crippen MR) is 101 cm³/mol. The summed E-state index contributed by atoms with van der Waals surface area (Å²) in [6.07, 6.45) is 3.85. The zero-order valence-electron chi connectivity index (χ0n) is 13.8. The number of hydrogen-bond donors (Lipinski definition) is 3. The topological polar surface area (TPSA) is 73.0 Å². The highest BCUT2D eigenvalue weighted by Crippen LogP contribution is 2.20. The molecule has 0 saturated heterocycles. The zero-order chi connectivity index (χ0) is 17.2. The van der Waals surface area contributed by atoms with Gasteiger partial charge in [0.1, 0.15) is 0 Å². The number of carbonyl (C=O) groups excluding carboxylic acids is 1. The van der Waals surface area contributed by atoms with Crippen LogP contribution in [0.2, 0.25) is 0 Å². The summed E-state index contributed by atoms with van der Waals surface area (Å²) in [4.78, 5) is 18.7. The quantitative estimate of drug-likeness (QED) is 0.388. The highest BCUT2D eigenvalue weighted by Gasteiger charge is 2.08. The smallest absolute Gasteiger partial charge is 0.244 e. The number of nitrogens with one attached hydrogen (secondary N) is 3. The van der Waals surface area contributed by atoms with Crippen molar-refractivity contribution in [3.05, 3.63) is 71.5 Å². The van der Waals surface area contributed by atoms with Crippen LogP contribution in [-0.4, -0.2) is 22.1 Å². The molecule has 2 aromatic carbocycles. The van der Waals surface area contributed by atoms with Crippen molar-refractivity contribution in [2.45, 2.75) is 13.3 Å². The Kier molecular flexibility index (Phi) is 3.82. The first-order chi connectivity index (χ1) is 12.2. The number of hydrogen-bond acceptors (Lipinski definition) is 2. The maximum atomic E-state index is 12.2. The average Bonchev–Trinajstić information content (AvgIpc) is 3.16. The first-order valence-corrected chi connectivity index (χ1v) is 8.16. The number of rotatable bonds is 4. The van der Waals surface area contributed by atoms with Crippen molar-refractivity contribution < 1.29 is 4.79 Å². The van der Waals surface area contributed by atoms with Crippen molar-refractivity contribution in [1.82, 2.24) is 15.4 Å². The van der Waals surface area contributed by atoms with Gasteiger partial charge in [0.25, 0.3) is 0 Å². The molecule has 0 saturated carbocycles. The van der Waals surface area contributed by atoms with Gasteiger partial charge in [-0.15, -0.1) is 0 Å². The van der Waals surface area contributed by atoms with Gasteiger partial charge >= 0.3 is 0 Å². The molecular formula is C20H18N4O. The van der Waals surface area contributed by atoms with Crippen molar-refractivity contribution in [1.29, 1.82) is 0 Å². The molecule has 4 rings (SSSR count). The van der Waals surface area contributed by atoms with E-state index in [0.29, 0.717) is 0 Å². The molecule has 0 spiro atoms. The standard InChI is InChI=1S/C20H18N4O/c1-13-17(16-7-3-5-9-19(16)23-13)12-22-24-20(25)10-14-11-21-18-8-4-2-6-15(14)18/h2-9,11-12,21,23H,10H2,1H3,(H,24,25). The minimum atomic E-state index is -0.140. The number of nitrogens with zero attached hydrogens (tertiary/aromatic N) is 1. The summed E-state index contributed by atoms with van der Waals surface area (Å²) in [5.41, 5.74) is 7.69. The molecule has 1 amide bonds. The van der Waals surface area contributed by atoms with Gasteiger partial charge < -0.3 is 9.97 Å². The molecule has 124 valence electrons. The Hall–Kier alpha value is -3.34. The van der Waals surface area contributed by atoms with Gasteiger partial charge in [-0.05, 0) is 24.6 Å². The maximum Gasteiger partial charge on any atom is 0.244 e. The molecule has 0 atom stereocenters. The fourth-order valence-corrected chi connectivity index (χ4v) is 3.12. The Morgan fingerprint density at radius 3 is 2.64 bits per heavy atom. The Morgan fingerprint density at radius 1 is 1.08 bits per heavy atom. The van der Waals surface area contributed by atoms with E-state index in [1.165, 1.54) is 0 Å². The van der Waals surface area contributed by atoms with Crippen molar-refractivity contribution in [3.63, 3.8) is 0 Å². The van der Waals surface area contributed by atoms with E-state index in [-0.39, 0.29) is 12.3 Å². The highest BCUT2D eigenvalue weighted by molar-refractivity contribution is 6.01. The molecule has 3 N–H and O–H groups in total. The van der Waals surface area contributed by atoms with E-state index in [4.69, 9.17) is 0 Å². The summed E-state index contributed by atoms with van der Waals surface area (Å²) >= 11 is 0. The number of amides is 1. The van der Waals surface area contributed by atoms with E-state index < -0.39 is 0 Å². The van der Waals surface area contributed by atoms with Crippen LogP contribution in [-0.2, 0) is 11.2 Å². The third kappa shape index (κ3) is 2.92. The molecule has 5 heteroatoms. The summed E-state index contributed by atoms with van der Waals surface area (Å²) in [6, 6.07) is 16.0. The number of H-pyrrole nitrogens is 2. The molecule has 0 aliphatic rings. The molecule has 0 radical (unpaired) electrons. The number of aromatic nitrogens is 2. The van der Waals surface area contributed by atoms with Crippen LogP contribution in [0.4, 0.5) is 0 Å². The van der Waals surface area contributed by atoms with Crippen LogP contribution in [0.15, 0.2) is 59.8 Å². The SMILES string of the molecule is Cc1[nH]c2ccccc2c1C=NNC(=O)Cc1c[nH]c2ccccc12. The lowest BCUT2D eigenvalue weighted by molar-refractivity contribution is -0.120. The third-order valence-corrected chi connectivity index (χ3v) is 4.35. The Bertz CT molecular complexity index is 1090. The van der Waals surface area contributed by atoms with E-state index in [9.17, 15) is 4.79 Å². The minimum absolute atomic E-state index is 0.140. The van der Waals surface area contributed by atoms with Crippen LogP contribution >= 0.6 is 0 Å². The summed E-state index contributed by atoms with van der Waals surface area (Å²) < 4.78 is 0. The summed E-state index contributed by atoms with van der Waals surface area (Å²) in [5, 5.41) is 6.29. The first-order valence-electron chi connectivity index (χ1n) is 8.16. The number of fused-ring (bicyclic) bond motifs is 2.